The summed E-state index contributed by atoms with van der Waals surface area (Å²) in [6, 6.07) is 3.89. The Bertz CT molecular complexity index is 543. The molecule has 0 fully saturated rings. The van der Waals surface area contributed by atoms with Crippen molar-refractivity contribution in [3.63, 3.8) is 0 Å². The Labute approximate surface area is 133 Å². The third-order valence-electron chi connectivity index (χ3n) is 3.59. The number of aryl methyl sites for hydroxylation is 3. The maximum Gasteiger partial charge on any atom is 0.271 e. The van der Waals surface area contributed by atoms with Gasteiger partial charge in [-0.3, -0.25) is 9.36 Å². The molecule has 0 radical (unpaired) electrons. The van der Waals surface area contributed by atoms with Gasteiger partial charge in [0.2, 0.25) is 5.52 Å². The minimum absolute atomic E-state index is 0.174. The van der Waals surface area contributed by atoms with Crippen LogP contribution >= 0.6 is 7.37 Å². The van der Waals surface area contributed by atoms with E-state index in [1.807, 2.05) is 39.8 Å². The molecule has 0 bridgehead atoms. The van der Waals surface area contributed by atoms with Crippen molar-refractivity contribution in [2.45, 2.75) is 40.5 Å². The number of ether oxygens (including phenoxy) is 1. The van der Waals surface area contributed by atoms with Crippen molar-refractivity contribution < 1.29 is 18.6 Å². The minimum Gasteiger partial charge on any atom is -0.382 e. The highest BCUT2D eigenvalue weighted by molar-refractivity contribution is 7.76. The van der Waals surface area contributed by atoms with Gasteiger partial charge >= 0.3 is 0 Å². The summed E-state index contributed by atoms with van der Waals surface area (Å²) in [4.78, 5) is 12.9. The molecule has 0 aliphatic rings. The zero-order valence-corrected chi connectivity index (χ0v) is 15.2. The second-order valence-electron chi connectivity index (χ2n) is 5.66. The van der Waals surface area contributed by atoms with Crippen LogP contribution < -0.4 is 0 Å². The average molecular weight is 326 g/mol. The second-order valence-corrected chi connectivity index (χ2v) is 8.11. The molecular weight excluding hydrogens is 299 g/mol. The van der Waals surface area contributed by atoms with E-state index in [1.165, 1.54) is 0 Å². The van der Waals surface area contributed by atoms with Crippen molar-refractivity contribution in [3.8, 4) is 0 Å². The van der Waals surface area contributed by atoms with Gasteiger partial charge in [-0.2, -0.15) is 0 Å². The largest absolute Gasteiger partial charge is 0.382 e. The van der Waals surface area contributed by atoms with E-state index < -0.39 is 7.37 Å². The van der Waals surface area contributed by atoms with Crippen molar-refractivity contribution >= 4 is 12.9 Å². The van der Waals surface area contributed by atoms with Gasteiger partial charge in [0.1, 0.15) is 0 Å². The monoisotopic (exact) mass is 326 g/mol. The Morgan fingerprint density at radius 1 is 1.14 bits per heavy atom. The fourth-order valence-electron chi connectivity index (χ4n) is 2.55. The Morgan fingerprint density at radius 3 is 2.23 bits per heavy atom. The van der Waals surface area contributed by atoms with E-state index in [1.54, 1.807) is 7.11 Å². The zero-order valence-electron chi connectivity index (χ0n) is 14.3. The lowest BCUT2D eigenvalue weighted by molar-refractivity contribution is 0.103. The van der Waals surface area contributed by atoms with Gasteiger partial charge in [0.15, 0.2) is 0 Å². The van der Waals surface area contributed by atoms with Crippen molar-refractivity contribution in [2.75, 3.05) is 26.5 Å². The Hall–Kier alpha value is -0.960. The molecule has 0 spiro atoms. The highest BCUT2D eigenvalue weighted by Crippen LogP contribution is 2.51. The molecular formula is C17H27O4P. The van der Waals surface area contributed by atoms with E-state index in [0.717, 1.165) is 23.1 Å². The maximum atomic E-state index is 13.1. The molecule has 0 saturated heterocycles. The number of carbonyl (C=O) groups is 1. The molecule has 0 heterocycles. The van der Waals surface area contributed by atoms with Crippen LogP contribution in [0.25, 0.3) is 0 Å². The number of benzene rings is 1. The molecule has 5 heteroatoms. The SMILES string of the molecule is CCCCP(=O)(OCCOC)C(=O)c1c(C)cc(C)cc1C. The van der Waals surface area contributed by atoms with E-state index >= 15 is 0 Å². The van der Waals surface area contributed by atoms with E-state index in [-0.39, 0.29) is 12.1 Å². The van der Waals surface area contributed by atoms with Gasteiger partial charge in [0, 0.05) is 18.8 Å². The van der Waals surface area contributed by atoms with Crippen LogP contribution in [0.15, 0.2) is 12.1 Å². The topological polar surface area (TPSA) is 52.6 Å². The summed E-state index contributed by atoms with van der Waals surface area (Å²) in [6.45, 7) is 8.26. The number of methoxy groups -OCH3 is 1. The van der Waals surface area contributed by atoms with Gasteiger partial charge in [0.25, 0.3) is 7.37 Å². The molecule has 0 aliphatic carbocycles. The molecule has 4 nitrogen and oxygen atoms in total. The number of hydrogen-bond acceptors (Lipinski definition) is 4. The third-order valence-corrected chi connectivity index (χ3v) is 5.94. The van der Waals surface area contributed by atoms with E-state index in [0.29, 0.717) is 24.8 Å². The first-order valence-electron chi connectivity index (χ1n) is 7.71. The van der Waals surface area contributed by atoms with Crippen molar-refractivity contribution in [3.05, 3.63) is 34.4 Å². The summed E-state index contributed by atoms with van der Waals surface area (Å²) in [5.74, 6) is 0. The predicted octanol–water partition coefficient (Wildman–Crippen LogP) is 4.49. The first kappa shape index (κ1) is 19.1. The lowest BCUT2D eigenvalue weighted by Crippen LogP contribution is -2.13. The Balaban J connectivity index is 3.13. The third kappa shape index (κ3) is 4.77. The van der Waals surface area contributed by atoms with E-state index in [4.69, 9.17) is 9.26 Å². The predicted molar refractivity (Wildman–Crippen MR) is 90.2 cm³/mol. The maximum absolute atomic E-state index is 13.1. The van der Waals surface area contributed by atoms with Gasteiger partial charge in [-0.1, -0.05) is 31.0 Å². The van der Waals surface area contributed by atoms with Gasteiger partial charge in [0.05, 0.1) is 13.2 Å². The lowest BCUT2D eigenvalue weighted by Gasteiger charge is -2.19. The van der Waals surface area contributed by atoms with Crippen LogP contribution in [0, 0.1) is 20.8 Å². The smallest absolute Gasteiger partial charge is 0.271 e. The quantitative estimate of drug-likeness (QED) is 0.495. The Kier molecular flexibility index (Phi) is 7.47. The summed E-state index contributed by atoms with van der Waals surface area (Å²) in [5, 5.41) is 0. The molecule has 1 atom stereocenters. The fourth-order valence-corrected chi connectivity index (χ4v) is 4.79. The molecule has 0 amide bonds. The second kappa shape index (κ2) is 8.61. The number of rotatable bonds is 9. The first-order valence-corrected chi connectivity index (χ1v) is 9.52. The zero-order chi connectivity index (χ0) is 16.8. The molecule has 0 aliphatic heterocycles. The van der Waals surface area contributed by atoms with Crippen LogP contribution in [0.3, 0.4) is 0 Å². The highest BCUT2D eigenvalue weighted by atomic mass is 31.2. The van der Waals surface area contributed by atoms with E-state index in [9.17, 15) is 9.36 Å². The standard InChI is InChI=1S/C17H27O4P/c1-6-7-10-22(19,21-9-8-20-5)17(18)16-14(3)11-13(2)12-15(16)4/h11-12H,6-10H2,1-5H3. The molecule has 22 heavy (non-hydrogen) atoms. The van der Waals surface area contributed by atoms with Crippen LogP contribution in [0.1, 0.15) is 46.8 Å². The normalized spacial score (nSPS) is 13.9. The van der Waals surface area contributed by atoms with Crippen LogP contribution in [0.2, 0.25) is 0 Å². The van der Waals surface area contributed by atoms with Gasteiger partial charge in [-0.15, -0.1) is 0 Å². The van der Waals surface area contributed by atoms with Crippen LogP contribution in [0.4, 0.5) is 0 Å². The summed E-state index contributed by atoms with van der Waals surface area (Å²) >= 11 is 0. The van der Waals surface area contributed by atoms with Crippen LogP contribution in [-0.2, 0) is 13.8 Å². The summed E-state index contributed by atoms with van der Waals surface area (Å²) < 4.78 is 23.6. The van der Waals surface area contributed by atoms with Gasteiger partial charge < -0.3 is 9.26 Å². The number of hydrogen-bond donors (Lipinski definition) is 0. The van der Waals surface area contributed by atoms with Gasteiger partial charge in [-0.25, -0.2) is 0 Å². The molecule has 124 valence electrons. The number of unbranched alkanes of at least 4 members (excludes halogenated alkanes) is 1. The molecule has 1 rings (SSSR count). The Morgan fingerprint density at radius 2 is 1.73 bits per heavy atom. The van der Waals surface area contributed by atoms with Crippen molar-refractivity contribution in [2.24, 2.45) is 0 Å². The average Bonchev–Trinajstić information content (AvgIpc) is 2.44. The summed E-state index contributed by atoms with van der Waals surface area (Å²) in [7, 11) is -1.81. The molecule has 0 N–H and O–H groups in total. The highest BCUT2D eigenvalue weighted by Gasteiger charge is 2.35. The fraction of sp³-hybridized carbons (Fsp3) is 0.588. The van der Waals surface area contributed by atoms with Crippen LogP contribution in [0.5, 0.6) is 0 Å². The van der Waals surface area contributed by atoms with Gasteiger partial charge in [-0.05, 0) is 38.3 Å². The summed E-state index contributed by atoms with van der Waals surface area (Å²) in [5.41, 5.74) is 2.99. The lowest BCUT2D eigenvalue weighted by atomic mass is 10.0. The number of carbonyl (C=O) groups excluding carboxylic acids is 1. The minimum atomic E-state index is -3.37. The molecule has 0 aromatic heterocycles. The molecule has 0 saturated carbocycles. The summed E-state index contributed by atoms with van der Waals surface area (Å²) in [6.07, 6.45) is 1.87. The molecule has 1 unspecified atom stereocenters. The molecule has 1 aromatic carbocycles. The van der Waals surface area contributed by atoms with E-state index in [2.05, 4.69) is 0 Å². The van der Waals surface area contributed by atoms with Crippen molar-refractivity contribution in [1.82, 2.24) is 0 Å². The van der Waals surface area contributed by atoms with Crippen molar-refractivity contribution in [1.29, 1.82) is 0 Å². The first-order chi connectivity index (χ1) is 10.4. The van der Waals surface area contributed by atoms with Crippen LogP contribution in [-0.4, -0.2) is 32.0 Å². The molecule has 1 aromatic rings.